The number of hydrogen-bond acceptors (Lipinski definition) is 4. The number of hydroxylamine groups is 1. The first-order valence-corrected chi connectivity index (χ1v) is 10.0. The van der Waals surface area contributed by atoms with Gasteiger partial charge in [-0.3, -0.25) is 14.8 Å². The Bertz CT molecular complexity index is 925. The van der Waals surface area contributed by atoms with Crippen LogP contribution in [0.3, 0.4) is 0 Å². The molecule has 0 aromatic heterocycles. The summed E-state index contributed by atoms with van der Waals surface area (Å²) in [5.74, 6) is 0.542. The molecule has 1 spiro atoms. The number of aryl methyl sites for hydroxylation is 1. The third-order valence-corrected chi connectivity index (χ3v) is 6.40. The molecule has 1 aliphatic heterocycles. The fourth-order valence-corrected chi connectivity index (χ4v) is 4.63. The maximum absolute atomic E-state index is 13.3. The lowest BCUT2D eigenvalue weighted by atomic mass is 9.70. The zero-order valence-electron chi connectivity index (χ0n) is 16.6. The number of hydrogen-bond donors (Lipinski definition) is 2. The maximum Gasteiger partial charge on any atom is 0.274 e. The molecule has 0 bridgehead atoms. The lowest BCUT2D eigenvalue weighted by molar-refractivity contribution is -0.136. The highest BCUT2D eigenvalue weighted by Crippen LogP contribution is 2.44. The Morgan fingerprint density at radius 3 is 2.69 bits per heavy atom. The van der Waals surface area contributed by atoms with E-state index in [1.807, 2.05) is 41.3 Å². The van der Waals surface area contributed by atoms with Gasteiger partial charge in [0.15, 0.2) is 0 Å². The molecule has 2 N–H and O–H groups in total. The third kappa shape index (κ3) is 3.72. The summed E-state index contributed by atoms with van der Waals surface area (Å²) >= 11 is 0. The number of carbonyl (C=O) groups excluding carboxylic acids is 2. The second-order valence-electron chi connectivity index (χ2n) is 8.02. The average molecular weight is 394 g/mol. The lowest BCUT2D eigenvalue weighted by Crippen LogP contribution is -2.39. The molecule has 1 unspecified atom stereocenters. The van der Waals surface area contributed by atoms with E-state index in [4.69, 9.17) is 9.94 Å². The number of benzene rings is 2. The van der Waals surface area contributed by atoms with E-state index in [1.165, 1.54) is 11.1 Å². The summed E-state index contributed by atoms with van der Waals surface area (Å²) in [5.41, 5.74) is 5.17. The number of ether oxygens (including phenoxy) is 1. The number of carbonyl (C=O) groups is 2. The predicted molar refractivity (Wildman–Crippen MR) is 108 cm³/mol. The van der Waals surface area contributed by atoms with Gasteiger partial charge in [-0.05, 0) is 73.1 Å². The Morgan fingerprint density at radius 2 is 1.97 bits per heavy atom. The summed E-state index contributed by atoms with van der Waals surface area (Å²) in [5, 5.41) is 8.89. The lowest BCUT2D eigenvalue weighted by Gasteiger charge is -2.33. The highest BCUT2D eigenvalue weighted by Gasteiger charge is 2.47. The highest BCUT2D eigenvalue weighted by atomic mass is 16.5. The monoisotopic (exact) mass is 394 g/mol. The number of likely N-dealkylation sites (tertiary alicyclic amines) is 1. The number of nitrogens with zero attached hydrogens (tertiary/aromatic N) is 1. The minimum Gasteiger partial charge on any atom is -0.497 e. The average Bonchev–Trinajstić information content (AvgIpc) is 3.06. The summed E-state index contributed by atoms with van der Waals surface area (Å²) < 4.78 is 5.19. The number of methoxy groups -OCH3 is 1. The molecule has 1 atom stereocenters. The molecule has 1 aliphatic carbocycles. The van der Waals surface area contributed by atoms with Crippen molar-refractivity contribution >= 4 is 11.8 Å². The number of fused-ring (bicyclic) bond motifs is 1. The van der Waals surface area contributed by atoms with Crippen LogP contribution in [0.15, 0.2) is 42.5 Å². The molecule has 1 saturated heterocycles. The first kappa shape index (κ1) is 19.5. The van der Waals surface area contributed by atoms with Gasteiger partial charge in [-0.1, -0.05) is 18.2 Å². The smallest absolute Gasteiger partial charge is 0.274 e. The van der Waals surface area contributed by atoms with E-state index >= 15 is 0 Å². The minimum absolute atomic E-state index is 0.230. The number of amides is 2. The summed E-state index contributed by atoms with van der Waals surface area (Å²) in [4.78, 5) is 27.0. The second-order valence-corrected chi connectivity index (χ2v) is 8.02. The van der Waals surface area contributed by atoms with Crippen LogP contribution in [-0.2, 0) is 24.1 Å². The van der Waals surface area contributed by atoms with Crippen LogP contribution in [0.4, 0.5) is 0 Å². The molecule has 2 aromatic carbocycles. The van der Waals surface area contributed by atoms with Crippen molar-refractivity contribution in [3.05, 3.63) is 64.7 Å². The molecule has 1 fully saturated rings. The topological polar surface area (TPSA) is 78.9 Å². The van der Waals surface area contributed by atoms with E-state index in [0.717, 1.165) is 43.5 Å². The maximum atomic E-state index is 13.3. The molecule has 2 amide bonds. The van der Waals surface area contributed by atoms with E-state index in [2.05, 4.69) is 0 Å². The number of rotatable bonds is 5. The van der Waals surface area contributed by atoms with Crippen molar-refractivity contribution in [1.29, 1.82) is 0 Å². The van der Waals surface area contributed by atoms with Gasteiger partial charge in [0.25, 0.3) is 5.91 Å². The van der Waals surface area contributed by atoms with Crippen LogP contribution in [0.5, 0.6) is 5.75 Å². The van der Waals surface area contributed by atoms with E-state index in [0.29, 0.717) is 18.5 Å². The molecular weight excluding hydrogens is 368 g/mol. The molecule has 6 nitrogen and oxygen atoms in total. The van der Waals surface area contributed by atoms with Crippen molar-refractivity contribution in [3.8, 4) is 5.75 Å². The van der Waals surface area contributed by atoms with Gasteiger partial charge < -0.3 is 9.64 Å². The van der Waals surface area contributed by atoms with Crippen LogP contribution in [0, 0.1) is 5.41 Å². The summed E-state index contributed by atoms with van der Waals surface area (Å²) in [6.07, 6.45) is 4.03. The molecule has 0 saturated carbocycles. The molecule has 4 rings (SSSR count). The first-order chi connectivity index (χ1) is 14.0. The van der Waals surface area contributed by atoms with Crippen molar-refractivity contribution in [1.82, 2.24) is 10.4 Å². The Hall–Kier alpha value is -2.86. The van der Waals surface area contributed by atoms with Crippen molar-refractivity contribution in [2.24, 2.45) is 5.41 Å². The highest BCUT2D eigenvalue weighted by molar-refractivity contribution is 5.93. The van der Waals surface area contributed by atoms with Gasteiger partial charge >= 0.3 is 0 Å². The van der Waals surface area contributed by atoms with E-state index in [9.17, 15) is 9.59 Å². The molecule has 2 aliphatic rings. The molecule has 1 heterocycles. The quantitative estimate of drug-likeness (QED) is 0.604. The summed E-state index contributed by atoms with van der Waals surface area (Å²) in [6.45, 7) is 1.49. The SMILES string of the molecule is COc1ccc(CCN2CCC3(CCc4ccc(C(=O)NO)cc4C3)C2=O)cc1. The summed E-state index contributed by atoms with van der Waals surface area (Å²) in [6, 6.07) is 13.4. The zero-order chi connectivity index (χ0) is 20.4. The van der Waals surface area contributed by atoms with Gasteiger partial charge in [0.1, 0.15) is 5.75 Å². The van der Waals surface area contributed by atoms with E-state index in [-0.39, 0.29) is 11.3 Å². The Labute approximate surface area is 170 Å². The van der Waals surface area contributed by atoms with Crippen LogP contribution < -0.4 is 10.2 Å². The van der Waals surface area contributed by atoms with Crippen molar-refractivity contribution in [2.75, 3.05) is 20.2 Å². The van der Waals surface area contributed by atoms with E-state index < -0.39 is 5.91 Å². The van der Waals surface area contributed by atoms with Gasteiger partial charge in [0, 0.05) is 18.7 Å². The fraction of sp³-hybridized carbons (Fsp3) is 0.391. The van der Waals surface area contributed by atoms with Crippen LogP contribution in [0.1, 0.15) is 39.9 Å². The zero-order valence-corrected chi connectivity index (χ0v) is 16.6. The summed E-state index contributed by atoms with van der Waals surface area (Å²) in [7, 11) is 1.65. The molecular formula is C23H26N2O4. The van der Waals surface area contributed by atoms with Crippen LogP contribution in [0.2, 0.25) is 0 Å². The molecule has 29 heavy (non-hydrogen) atoms. The number of nitrogens with one attached hydrogen (secondary N) is 1. The fourth-order valence-electron chi connectivity index (χ4n) is 4.63. The minimum atomic E-state index is -0.522. The van der Waals surface area contributed by atoms with Crippen molar-refractivity contribution < 1.29 is 19.5 Å². The van der Waals surface area contributed by atoms with Gasteiger partial charge in [-0.25, -0.2) is 5.48 Å². The standard InChI is InChI=1S/C23H26N2O4/c1-29-20-6-2-16(3-7-20)9-12-25-13-11-23(22(25)27)10-8-17-4-5-18(21(26)24-28)14-19(17)15-23/h2-7,14,28H,8-13,15H2,1H3,(H,24,26). The predicted octanol–water partition coefficient (Wildman–Crippen LogP) is 2.76. The Balaban J connectivity index is 1.44. The Kier molecular flexibility index (Phi) is 5.28. The largest absolute Gasteiger partial charge is 0.497 e. The van der Waals surface area contributed by atoms with Gasteiger partial charge in [-0.15, -0.1) is 0 Å². The third-order valence-electron chi connectivity index (χ3n) is 6.40. The van der Waals surface area contributed by atoms with Crippen LogP contribution in [-0.4, -0.2) is 42.1 Å². The van der Waals surface area contributed by atoms with Gasteiger partial charge in [0.2, 0.25) is 5.91 Å². The second kappa shape index (κ2) is 7.87. The van der Waals surface area contributed by atoms with Gasteiger partial charge in [-0.2, -0.15) is 0 Å². The van der Waals surface area contributed by atoms with E-state index in [1.54, 1.807) is 18.7 Å². The molecule has 152 valence electrons. The Morgan fingerprint density at radius 1 is 1.17 bits per heavy atom. The molecule has 2 aromatic rings. The molecule has 6 heteroatoms. The van der Waals surface area contributed by atoms with Crippen LogP contribution in [0.25, 0.3) is 0 Å². The first-order valence-electron chi connectivity index (χ1n) is 10.0. The normalized spacial score (nSPS) is 20.6. The van der Waals surface area contributed by atoms with Crippen LogP contribution >= 0.6 is 0 Å². The van der Waals surface area contributed by atoms with Gasteiger partial charge in [0.05, 0.1) is 12.5 Å². The molecule has 0 radical (unpaired) electrons. The van der Waals surface area contributed by atoms with Crippen molar-refractivity contribution in [2.45, 2.75) is 32.1 Å². The van der Waals surface area contributed by atoms with Crippen molar-refractivity contribution in [3.63, 3.8) is 0 Å².